The lowest BCUT2D eigenvalue weighted by atomic mass is 9.96. The van der Waals surface area contributed by atoms with Gasteiger partial charge in [0.2, 0.25) is 0 Å². The van der Waals surface area contributed by atoms with Gasteiger partial charge in [-0.15, -0.1) is 11.3 Å². The van der Waals surface area contributed by atoms with Crippen LogP contribution in [0.5, 0.6) is 0 Å². The Morgan fingerprint density at radius 2 is 1.75 bits per heavy atom. The first kappa shape index (κ1) is 16.0. The maximum absolute atomic E-state index is 3.67. The molecule has 1 nitrogen and oxygen atoms in total. The van der Waals surface area contributed by atoms with Gasteiger partial charge >= 0.3 is 0 Å². The molecule has 2 rings (SSSR count). The fraction of sp³-hybridized carbons (Fsp3) is 0.412. The molecule has 1 aromatic carbocycles. The van der Waals surface area contributed by atoms with E-state index in [0.717, 1.165) is 13.0 Å². The molecule has 0 amide bonds. The van der Waals surface area contributed by atoms with Gasteiger partial charge < -0.3 is 5.32 Å². The summed E-state index contributed by atoms with van der Waals surface area (Å²) in [5, 5.41) is 5.94. The number of rotatable bonds is 6. The fourth-order valence-corrected chi connectivity index (χ4v) is 3.66. The van der Waals surface area contributed by atoms with Crippen molar-refractivity contribution in [1.29, 1.82) is 0 Å². The molecule has 0 aliphatic rings. The summed E-state index contributed by atoms with van der Waals surface area (Å²) >= 11 is 4.21. The van der Waals surface area contributed by atoms with Crippen LogP contribution in [-0.2, 0) is 0 Å². The number of nitrogens with one attached hydrogen (secondary N) is 1. The standard InChI is InChI=1S/C17H22INS/c1-4-9-19-17(15-10-16(18)20-11-15)14-7-5-13(6-8-14)12(2)3/h5-8,10-12,17,19H,4,9H2,1-3H3. The number of hydrogen-bond donors (Lipinski definition) is 1. The summed E-state index contributed by atoms with van der Waals surface area (Å²) in [6.45, 7) is 7.73. The van der Waals surface area contributed by atoms with Crippen LogP contribution in [0.3, 0.4) is 0 Å². The number of thiophene rings is 1. The first-order valence-electron chi connectivity index (χ1n) is 7.19. The van der Waals surface area contributed by atoms with Crippen molar-refractivity contribution in [2.75, 3.05) is 6.54 Å². The molecule has 20 heavy (non-hydrogen) atoms. The molecule has 1 atom stereocenters. The van der Waals surface area contributed by atoms with Gasteiger partial charge in [-0.1, -0.05) is 45.0 Å². The molecule has 0 fully saturated rings. The summed E-state index contributed by atoms with van der Waals surface area (Å²) in [5.41, 5.74) is 4.14. The molecule has 0 radical (unpaired) electrons. The monoisotopic (exact) mass is 399 g/mol. The topological polar surface area (TPSA) is 12.0 Å². The largest absolute Gasteiger partial charge is 0.306 e. The van der Waals surface area contributed by atoms with Crippen LogP contribution in [0.15, 0.2) is 35.7 Å². The van der Waals surface area contributed by atoms with Gasteiger partial charge in [-0.25, -0.2) is 0 Å². The van der Waals surface area contributed by atoms with E-state index < -0.39 is 0 Å². The van der Waals surface area contributed by atoms with E-state index in [1.54, 1.807) is 0 Å². The third-order valence-electron chi connectivity index (χ3n) is 3.46. The summed E-state index contributed by atoms with van der Waals surface area (Å²) in [4.78, 5) is 0. The van der Waals surface area contributed by atoms with E-state index in [4.69, 9.17) is 0 Å². The van der Waals surface area contributed by atoms with E-state index in [-0.39, 0.29) is 0 Å². The second kappa shape index (κ2) is 7.57. The van der Waals surface area contributed by atoms with Crippen LogP contribution in [-0.4, -0.2) is 6.54 Å². The molecule has 1 heterocycles. The summed E-state index contributed by atoms with van der Waals surface area (Å²) in [5.74, 6) is 0.591. The molecular formula is C17H22INS. The van der Waals surface area contributed by atoms with Gasteiger partial charge in [-0.2, -0.15) is 0 Å². The Labute approximate surface area is 139 Å². The van der Waals surface area contributed by atoms with E-state index >= 15 is 0 Å². The van der Waals surface area contributed by atoms with Gasteiger partial charge in [0, 0.05) is 0 Å². The number of benzene rings is 1. The number of hydrogen-bond acceptors (Lipinski definition) is 2. The fourth-order valence-electron chi connectivity index (χ4n) is 2.26. The molecular weight excluding hydrogens is 377 g/mol. The molecule has 0 saturated heterocycles. The zero-order valence-electron chi connectivity index (χ0n) is 12.3. The van der Waals surface area contributed by atoms with Gasteiger partial charge in [0.1, 0.15) is 0 Å². The van der Waals surface area contributed by atoms with Crippen LogP contribution in [0, 0.1) is 2.88 Å². The van der Waals surface area contributed by atoms with Crippen LogP contribution >= 0.6 is 33.9 Å². The van der Waals surface area contributed by atoms with Crippen LogP contribution < -0.4 is 5.32 Å². The normalized spacial score (nSPS) is 12.8. The lowest BCUT2D eigenvalue weighted by Crippen LogP contribution is -2.22. The van der Waals surface area contributed by atoms with E-state index in [1.807, 2.05) is 11.3 Å². The van der Waals surface area contributed by atoms with Crippen LogP contribution in [0.2, 0.25) is 0 Å². The average molecular weight is 399 g/mol. The van der Waals surface area contributed by atoms with Crippen molar-refractivity contribution in [3.05, 3.63) is 55.3 Å². The smallest absolute Gasteiger partial charge is 0.0656 e. The van der Waals surface area contributed by atoms with Crippen molar-refractivity contribution in [3.63, 3.8) is 0 Å². The van der Waals surface area contributed by atoms with Crippen molar-refractivity contribution in [3.8, 4) is 0 Å². The second-order valence-corrected chi connectivity index (χ2v) is 8.20. The van der Waals surface area contributed by atoms with Gasteiger partial charge in [-0.3, -0.25) is 0 Å². The zero-order valence-corrected chi connectivity index (χ0v) is 15.3. The molecule has 0 bridgehead atoms. The zero-order chi connectivity index (χ0) is 14.5. The highest BCUT2D eigenvalue weighted by Gasteiger charge is 2.15. The molecule has 3 heteroatoms. The third kappa shape index (κ3) is 4.06. The van der Waals surface area contributed by atoms with Crippen molar-refractivity contribution < 1.29 is 0 Å². The summed E-state index contributed by atoms with van der Waals surface area (Å²) < 4.78 is 1.35. The van der Waals surface area contributed by atoms with Crippen LogP contribution in [0.25, 0.3) is 0 Å². The molecule has 1 N–H and O–H groups in total. The van der Waals surface area contributed by atoms with Crippen LogP contribution in [0.4, 0.5) is 0 Å². The third-order valence-corrected chi connectivity index (χ3v) is 5.26. The predicted molar refractivity (Wildman–Crippen MR) is 97.7 cm³/mol. The minimum Gasteiger partial charge on any atom is -0.306 e. The van der Waals surface area contributed by atoms with Crippen molar-refractivity contribution >= 4 is 33.9 Å². The molecule has 1 unspecified atom stereocenters. The molecule has 1 aromatic heterocycles. The Kier molecular flexibility index (Phi) is 6.05. The van der Waals surface area contributed by atoms with E-state index in [9.17, 15) is 0 Å². The SMILES string of the molecule is CCCNC(c1ccc(C(C)C)cc1)c1csc(I)c1. The quantitative estimate of drug-likeness (QED) is 0.627. The Balaban J connectivity index is 2.26. The Hall–Kier alpha value is -0.390. The maximum Gasteiger partial charge on any atom is 0.0656 e. The van der Waals surface area contributed by atoms with Gasteiger partial charge in [-0.05, 0) is 69.6 Å². The lowest BCUT2D eigenvalue weighted by Gasteiger charge is -2.19. The highest BCUT2D eigenvalue weighted by Crippen LogP contribution is 2.28. The Morgan fingerprint density at radius 1 is 1.10 bits per heavy atom. The van der Waals surface area contributed by atoms with Crippen molar-refractivity contribution in [1.82, 2.24) is 5.32 Å². The summed E-state index contributed by atoms with van der Waals surface area (Å²) in [6.07, 6.45) is 1.15. The Bertz CT molecular complexity index is 530. The first-order chi connectivity index (χ1) is 9.61. The maximum atomic E-state index is 3.67. The van der Waals surface area contributed by atoms with Gasteiger partial charge in [0.15, 0.2) is 0 Å². The van der Waals surface area contributed by atoms with Gasteiger partial charge in [0.25, 0.3) is 0 Å². The molecule has 0 saturated carbocycles. The molecule has 2 aromatic rings. The molecule has 0 aliphatic heterocycles. The van der Waals surface area contributed by atoms with Gasteiger partial charge in [0.05, 0.1) is 8.93 Å². The number of halogens is 1. The Morgan fingerprint density at radius 3 is 2.25 bits per heavy atom. The average Bonchev–Trinajstić information content (AvgIpc) is 2.86. The highest BCUT2D eigenvalue weighted by molar-refractivity contribution is 14.1. The lowest BCUT2D eigenvalue weighted by molar-refractivity contribution is 0.599. The first-order valence-corrected chi connectivity index (χ1v) is 9.14. The second-order valence-electron chi connectivity index (χ2n) is 5.39. The summed E-state index contributed by atoms with van der Waals surface area (Å²) in [6, 6.07) is 11.7. The van der Waals surface area contributed by atoms with Crippen molar-refractivity contribution in [2.45, 2.75) is 39.2 Å². The molecule has 0 spiro atoms. The van der Waals surface area contributed by atoms with E-state index in [0.29, 0.717) is 12.0 Å². The summed E-state index contributed by atoms with van der Waals surface area (Å²) in [7, 11) is 0. The van der Waals surface area contributed by atoms with Crippen molar-refractivity contribution in [2.24, 2.45) is 0 Å². The van der Waals surface area contributed by atoms with Crippen LogP contribution in [0.1, 0.15) is 55.8 Å². The van der Waals surface area contributed by atoms with E-state index in [1.165, 1.54) is 19.6 Å². The van der Waals surface area contributed by atoms with E-state index in [2.05, 4.69) is 84.4 Å². The molecule has 108 valence electrons. The minimum absolute atomic E-state index is 0.316. The molecule has 0 aliphatic carbocycles. The minimum atomic E-state index is 0.316. The predicted octanol–water partition coefficient (Wildman–Crippen LogP) is 5.57. The highest BCUT2D eigenvalue weighted by atomic mass is 127.